The second-order valence-corrected chi connectivity index (χ2v) is 25.7. The van der Waals surface area contributed by atoms with Gasteiger partial charge in [-0.2, -0.15) is 0 Å². The van der Waals surface area contributed by atoms with Crippen molar-refractivity contribution in [3.8, 4) is 0 Å². The fourth-order valence-corrected chi connectivity index (χ4v) is 15.3. The Bertz CT molecular complexity index is 2070. The van der Waals surface area contributed by atoms with Gasteiger partial charge in [0.15, 0.2) is 25.2 Å². The van der Waals surface area contributed by atoms with Crippen LogP contribution in [-0.4, -0.2) is 249 Å². The van der Waals surface area contributed by atoms with E-state index < -0.39 is 183 Å². The molecule has 4 aliphatic heterocycles. The minimum atomic E-state index is -1.94. The molecule has 24 nitrogen and oxygen atoms in total. The Labute approximate surface area is 454 Å². The van der Waals surface area contributed by atoms with Crippen molar-refractivity contribution in [1.82, 2.24) is 0 Å². The zero-order valence-electron chi connectivity index (χ0n) is 46.0. The Morgan fingerprint density at radius 3 is 1.65 bits per heavy atom. The van der Waals surface area contributed by atoms with Gasteiger partial charge in [0.2, 0.25) is 0 Å². The molecule has 24 heteroatoms. The number of ether oxygens (including phenoxy) is 8. The smallest absolute Gasteiger partial charge is 0.187 e. The van der Waals surface area contributed by atoms with E-state index in [2.05, 4.69) is 47.6 Å². The van der Waals surface area contributed by atoms with Gasteiger partial charge in [0.25, 0.3) is 0 Å². The van der Waals surface area contributed by atoms with Crippen molar-refractivity contribution in [2.45, 2.75) is 247 Å². The van der Waals surface area contributed by atoms with Crippen molar-refractivity contribution in [3.63, 3.8) is 0 Å². The number of ketones is 1. The molecule has 4 saturated heterocycles. The maximum Gasteiger partial charge on any atom is 0.187 e. The Morgan fingerprint density at radius 2 is 1.12 bits per heavy atom. The van der Waals surface area contributed by atoms with Crippen LogP contribution in [0.2, 0.25) is 0 Å². The predicted octanol–water partition coefficient (Wildman–Crippen LogP) is -3.02. The van der Waals surface area contributed by atoms with Crippen LogP contribution in [0.3, 0.4) is 0 Å². The zero-order valence-corrected chi connectivity index (χ0v) is 46.0. The van der Waals surface area contributed by atoms with E-state index in [9.17, 15) is 76.6 Å². The SMILES string of the molecule is C[C@H](CC[C@@H](O[C@@H]1O[C@H](CO[C@H]2O[C@H](CO)[C@@H](O)[C@H](O)[C@H]2O)[C@@H](O)[C@H](O)[C@H]1O[C@@H]1O[C@H](CO)[C@@H](O)[C@H](O)[C@H]1O)C(C)(C)O)C1CC[C@@]2(C)C3CC=C4C(CC[C@H](O[C@@H]5O[C@H](CO)[C@@H](O)[C@H](O)[C@H]5O)C4(C)C)[C@]3(C)C(=O)C[C@]12C. The number of Topliss-reactive ketones (excluding diaryl/α,β-unsaturated/α-hetero) is 1. The molecular weight excluding hydrogens is 1030 g/mol. The van der Waals surface area contributed by atoms with Gasteiger partial charge in [-0.25, -0.2) is 0 Å². The Morgan fingerprint density at radius 1 is 0.615 bits per heavy atom. The number of aliphatic hydroxyl groups excluding tert-OH is 14. The fraction of sp³-hybridized carbons (Fsp3) is 0.944. The van der Waals surface area contributed by atoms with E-state index in [1.807, 2.05) is 0 Å². The summed E-state index contributed by atoms with van der Waals surface area (Å²) in [4.78, 5) is 15.2. The summed E-state index contributed by atoms with van der Waals surface area (Å²) >= 11 is 0. The van der Waals surface area contributed by atoms with Crippen LogP contribution in [0.5, 0.6) is 0 Å². The van der Waals surface area contributed by atoms with E-state index in [-0.39, 0.29) is 41.3 Å². The minimum Gasteiger partial charge on any atom is -0.394 e. The van der Waals surface area contributed by atoms with Crippen LogP contribution in [0.1, 0.15) is 107 Å². The van der Waals surface area contributed by atoms with Crippen molar-refractivity contribution in [1.29, 1.82) is 0 Å². The number of aliphatic hydroxyl groups is 15. The average molecular weight is 1120 g/mol. The standard InChI is InChI=1S/C54H90O24/c1-22(23-15-16-52(6)30-12-10-24-25(54(30,8)31(58)17-53(23,52)7)11-14-32(50(24,2)3)76-47-43(68)39(64)35(60)27(19-56)73-47)9-13-33(51(4,5)70)77-49-45(78-48-44(69)40(65)36(61)28(20-57)74-48)41(66)37(62)29(75-49)21-71-46-42(67)38(63)34(59)26(18-55)72-46/h10,22-23,25-30,32-49,55-57,59-70H,9,11-21H2,1-8H3/t22-,23?,25?,26-,27-,28-,29-,30?,32+,33-,34-,35-,36-,37-,38+,39+,40+,41+,42-,43-,44-,45-,46+,47+,48+,49+,52+,53-,54+/m1/s1. The minimum absolute atomic E-state index is 0.00290. The number of fused-ring (bicyclic) bond motifs is 5. The third-order valence-electron chi connectivity index (χ3n) is 20.5. The largest absolute Gasteiger partial charge is 0.394 e. The van der Waals surface area contributed by atoms with E-state index in [0.29, 0.717) is 32.1 Å². The molecule has 0 spiro atoms. The van der Waals surface area contributed by atoms with Gasteiger partial charge in [-0.1, -0.05) is 53.2 Å². The van der Waals surface area contributed by atoms with Crippen LogP contribution >= 0.6 is 0 Å². The molecule has 8 aliphatic rings. The van der Waals surface area contributed by atoms with Gasteiger partial charge in [-0.05, 0) is 93.3 Å². The van der Waals surface area contributed by atoms with Gasteiger partial charge in [-0.15, -0.1) is 0 Å². The first-order valence-corrected chi connectivity index (χ1v) is 27.9. The Hall–Kier alpha value is -1.51. The van der Waals surface area contributed by atoms with Crippen molar-refractivity contribution in [2.75, 3.05) is 26.4 Å². The first-order valence-electron chi connectivity index (χ1n) is 27.9. The molecule has 4 heterocycles. The summed E-state index contributed by atoms with van der Waals surface area (Å²) in [5, 5.41) is 159. The molecule has 450 valence electrons. The maximum atomic E-state index is 15.2. The quantitative estimate of drug-likeness (QED) is 0.0645. The van der Waals surface area contributed by atoms with Gasteiger partial charge in [0.05, 0.1) is 44.2 Å². The molecule has 0 radical (unpaired) electrons. The van der Waals surface area contributed by atoms with Gasteiger partial charge < -0.3 is 114 Å². The molecule has 7 fully saturated rings. The topological polar surface area (TPSA) is 394 Å². The van der Waals surface area contributed by atoms with E-state index in [1.54, 1.807) is 0 Å². The first-order chi connectivity index (χ1) is 36.4. The molecule has 0 amide bonds. The van der Waals surface area contributed by atoms with E-state index in [0.717, 1.165) is 18.4 Å². The molecule has 0 aromatic carbocycles. The molecule has 3 unspecified atom stereocenters. The molecule has 78 heavy (non-hydrogen) atoms. The molecule has 3 saturated carbocycles. The van der Waals surface area contributed by atoms with E-state index >= 15 is 4.79 Å². The average Bonchev–Trinajstić information content (AvgIpc) is 3.21. The molecule has 4 aliphatic carbocycles. The second-order valence-electron chi connectivity index (χ2n) is 25.7. The molecule has 29 atom stereocenters. The van der Waals surface area contributed by atoms with Gasteiger partial charge in [0, 0.05) is 17.3 Å². The summed E-state index contributed by atoms with van der Waals surface area (Å²) < 4.78 is 47.7. The van der Waals surface area contributed by atoms with Crippen molar-refractivity contribution >= 4 is 5.78 Å². The number of carbonyl (C=O) groups is 1. The Balaban J connectivity index is 0.988. The first kappa shape index (κ1) is 62.5. The normalized spacial score (nSPS) is 50.5. The molecule has 0 aromatic heterocycles. The van der Waals surface area contributed by atoms with Gasteiger partial charge >= 0.3 is 0 Å². The number of rotatable bonds is 17. The lowest BCUT2D eigenvalue weighted by Crippen LogP contribution is -2.65. The lowest BCUT2D eigenvalue weighted by atomic mass is 9.38. The van der Waals surface area contributed by atoms with Crippen LogP contribution < -0.4 is 0 Å². The fourth-order valence-electron chi connectivity index (χ4n) is 15.3. The molecule has 15 N–H and O–H groups in total. The summed E-state index contributed by atoms with van der Waals surface area (Å²) in [5.74, 6) is 0.111. The highest BCUT2D eigenvalue weighted by Gasteiger charge is 2.71. The van der Waals surface area contributed by atoms with Crippen LogP contribution in [0.25, 0.3) is 0 Å². The maximum absolute atomic E-state index is 15.2. The molecule has 8 rings (SSSR count). The monoisotopic (exact) mass is 1120 g/mol. The van der Waals surface area contributed by atoms with Gasteiger partial charge in [0.1, 0.15) is 103 Å². The summed E-state index contributed by atoms with van der Waals surface area (Å²) in [6, 6.07) is 0. The number of carbonyl (C=O) groups excluding carboxylic acids is 1. The lowest BCUT2D eigenvalue weighted by molar-refractivity contribution is -0.380. The van der Waals surface area contributed by atoms with Crippen molar-refractivity contribution < 1.29 is 119 Å². The highest BCUT2D eigenvalue weighted by Crippen LogP contribution is 2.74. The van der Waals surface area contributed by atoms with Crippen LogP contribution in [0.4, 0.5) is 0 Å². The number of hydrogen-bond donors (Lipinski definition) is 15. The zero-order chi connectivity index (χ0) is 57.5. The van der Waals surface area contributed by atoms with Crippen LogP contribution in [0, 0.1) is 45.3 Å². The van der Waals surface area contributed by atoms with E-state index in [1.165, 1.54) is 13.8 Å². The van der Waals surface area contributed by atoms with E-state index in [4.69, 9.17) is 37.9 Å². The highest BCUT2D eigenvalue weighted by atomic mass is 16.8. The van der Waals surface area contributed by atoms with Crippen molar-refractivity contribution in [3.05, 3.63) is 11.6 Å². The molecule has 0 aromatic rings. The number of hydrogen-bond acceptors (Lipinski definition) is 24. The second kappa shape index (κ2) is 23.5. The predicted molar refractivity (Wildman–Crippen MR) is 267 cm³/mol. The summed E-state index contributed by atoms with van der Waals surface area (Å²) in [7, 11) is 0. The van der Waals surface area contributed by atoms with Gasteiger partial charge in [-0.3, -0.25) is 4.79 Å². The Kier molecular flexibility index (Phi) is 18.8. The highest BCUT2D eigenvalue weighted by molar-refractivity contribution is 5.88. The van der Waals surface area contributed by atoms with Crippen molar-refractivity contribution in [2.24, 2.45) is 45.3 Å². The van der Waals surface area contributed by atoms with Crippen LogP contribution in [-0.2, 0) is 42.7 Å². The number of allylic oxidation sites excluding steroid dienone is 1. The third kappa shape index (κ3) is 10.9. The summed E-state index contributed by atoms with van der Waals surface area (Å²) in [6.45, 7) is 13.2. The third-order valence-corrected chi connectivity index (χ3v) is 20.5. The lowest BCUT2D eigenvalue weighted by Gasteiger charge is -2.65. The molecule has 0 bridgehead atoms. The summed E-state index contributed by atoms with van der Waals surface area (Å²) in [5.41, 5.74) is -2.54. The van der Waals surface area contributed by atoms with Crippen LogP contribution in [0.15, 0.2) is 11.6 Å². The molecular formula is C54H90O24. The summed E-state index contributed by atoms with van der Waals surface area (Å²) in [6.07, 6.45) is -27.7.